The zero-order chi connectivity index (χ0) is 26.2. The Morgan fingerprint density at radius 2 is 0.925 bits per heavy atom. The van der Waals surface area contributed by atoms with Gasteiger partial charge in [0.1, 0.15) is 0 Å². The Hall–Kier alpha value is -5.20. The second-order valence-electron chi connectivity index (χ2n) is 10.9. The molecule has 0 atom stereocenters. The first-order valence-corrected chi connectivity index (χ1v) is 13.9. The van der Waals surface area contributed by atoms with Crippen LogP contribution in [-0.2, 0) is 0 Å². The van der Waals surface area contributed by atoms with Crippen LogP contribution in [0, 0.1) is 0 Å². The largest absolute Gasteiger partial charge is 0.0622 e. The fourth-order valence-corrected chi connectivity index (χ4v) is 6.92. The Labute approximate surface area is 232 Å². The van der Waals surface area contributed by atoms with Gasteiger partial charge in [-0.25, -0.2) is 0 Å². The highest BCUT2D eigenvalue weighted by Crippen LogP contribution is 2.45. The van der Waals surface area contributed by atoms with Gasteiger partial charge in [0.25, 0.3) is 0 Å². The third-order valence-electron chi connectivity index (χ3n) is 8.77. The molecule has 0 aliphatic heterocycles. The molecule has 9 rings (SSSR count). The van der Waals surface area contributed by atoms with E-state index < -0.39 is 0 Å². The van der Waals surface area contributed by atoms with Crippen LogP contribution in [0.2, 0.25) is 0 Å². The fourth-order valence-electron chi connectivity index (χ4n) is 6.92. The quantitative estimate of drug-likeness (QED) is 0.162. The van der Waals surface area contributed by atoms with Gasteiger partial charge in [-0.15, -0.1) is 0 Å². The SMILES string of the molecule is c1ccc(-c2ccc3ccc4c(-c5ccc6ccc7cccc8ccc5c6c78)c5ccccc5cc4c3c2)cc1. The highest BCUT2D eigenvalue weighted by molar-refractivity contribution is 6.29. The van der Waals surface area contributed by atoms with E-state index in [1.807, 2.05) is 0 Å². The normalized spacial score (nSPS) is 12.0. The third-order valence-corrected chi connectivity index (χ3v) is 8.77. The average Bonchev–Trinajstić information content (AvgIpc) is 3.03. The predicted octanol–water partition coefficient (Wildman–Crippen LogP) is 11.4. The van der Waals surface area contributed by atoms with Crippen LogP contribution in [0.3, 0.4) is 0 Å². The summed E-state index contributed by atoms with van der Waals surface area (Å²) in [7, 11) is 0. The summed E-state index contributed by atoms with van der Waals surface area (Å²) in [6.07, 6.45) is 0. The molecular formula is C40H24. The standard InChI is InChI=1S/C40H24/c1-2-7-25(8-3-1)30-16-13-26-17-20-35-37(36(26)23-30)24-31-9-4-5-12-32(31)40(35)34-22-19-29-15-14-27-10-6-11-28-18-21-33(34)39(29)38(27)28/h1-24H. The molecule has 0 aliphatic carbocycles. The molecule has 0 aromatic heterocycles. The van der Waals surface area contributed by atoms with Crippen LogP contribution in [0.4, 0.5) is 0 Å². The van der Waals surface area contributed by atoms with Crippen LogP contribution in [0.15, 0.2) is 146 Å². The summed E-state index contributed by atoms with van der Waals surface area (Å²) in [6, 6.07) is 53.9. The third kappa shape index (κ3) is 3.02. The lowest BCUT2D eigenvalue weighted by Gasteiger charge is -2.18. The fraction of sp³-hybridized carbons (Fsp3) is 0. The molecule has 0 unspecified atom stereocenters. The topological polar surface area (TPSA) is 0 Å². The zero-order valence-electron chi connectivity index (χ0n) is 21.9. The second kappa shape index (κ2) is 8.15. The van der Waals surface area contributed by atoms with Gasteiger partial charge >= 0.3 is 0 Å². The van der Waals surface area contributed by atoms with Gasteiger partial charge in [0.05, 0.1) is 0 Å². The summed E-state index contributed by atoms with van der Waals surface area (Å²) >= 11 is 0. The lowest BCUT2D eigenvalue weighted by atomic mass is 9.85. The summed E-state index contributed by atoms with van der Waals surface area (Å²) in [5.41, 5.74) is 5.11. The molecule has 40 heavy (non-hydrogen) atoms. The molecule has 0 radical (unpaired) electrons. The van der Waals surface area contributed by atoms with Crippen LogP contribution < -0.4 is 0 Å². The van der Waals surface area contributed by atoms with Gasteiger partial charge in [0, 0.05) is 0 Å². The van der Waals surface area contributed by atoms with E-state index in [0.29, 0.717) is 0 Å². The average molecular weight is 505 g/mol. The molecule has 0 fully saturated rings. The highest BCUT2D eigenvalue weighted by atomic mass is 14.2. The van der Waals surface area contributed by atoms with E-state index >= 15 is 0 Å². The van der Waals surface area contributed by atoms with Crippen molar-refractivity contribution in [2.24, 2.45) is 0 Å². The minimum absolute atomic E-state index is 1.24. The monoisotopic (exact) mass is 504 g/mol. The first-order valence-electron chi connectivity index (χ1n) is 13.9. The van der Waals surface area contributed by atoms with E-state index in [2.05, 4.69) is 146 Å². The van der Waals surface area contributed by atoms with Crippen molar-refractivity contribution in [1.82, 2.24) is 0 Å². The minimum atomic E-state index is 1.24. The Kier molecular flexibility index (Phi) is 4.42. The van der Waals surface area contributed by atoms with Crippen molar-refractivity contribution in [3.05, 3.63) is 146 Å². The number of fused-ring (bicyclic) bond motifs is 4. The molecule has 0 saturated heterocycles. The molecular weight excluding hydrogens is 480 g/mol. The lowest BCUT2D eigenvalue weighted by Crippen LogP contribution is -1.91. The van der Waals surface area contributed by atoms with Crippen LogP contribution >= 0.6 is 0 Å². The van der Waals surface area contributed by atoms with E-state index in [-0.39, 0.29) is 0 Å². The van der Waals surface area contributed by atoms with E-state index in [1.165, 1.54) is 86.9 Å². The van der Waals surface area contributed by atoms with Crippen molar-refractivity contribution >= 4 is 64.6 Å². The first-order chi connectivity index (χ1) is 19.8. The number of benzene rings is 9. The molecule has 0 nitrogen and oxygen atoms in total. The maximum atomic E-state index is 2.39. The van der Waals surface area contributed by atoms with Crippen molar-refractivity contribution in [2.75, 3.05) is 0 Å². The summed E-state index contributed by atoms with van der Waals surface area (Å²) in [5.74, 6) is 0. The van der Waals surface area contributed by atoms with Crippen LogP contribution in [0.1, 0.15) is 0 Å². The van der Waals surface area contributed by atoms with Crippen molar-refractivity contribution in [3.8, 4) is 22.3 Å². The maximum Gasteiger partial charge on any atom is -0.00203 e. The van der Waals surface area contributed by atoms with Crippen LogP contribution in [0.5, 0.6) is 0 Å². The van der Waals surface area contributed by atoms with Crippen molar-refractivity contribution in [3.63, 3.8) is 0 Å². The van der Waals surface area contributed by atoms with E-state index in [1.54, 1.807) is 0 Å². The maximum absolute atomic E-state index is 2.39. The van der Waals surface area contributed by atoms with Gasteiger partial charge in [-0.1, -0.05) is 133 Å². The number of hydrogen-bond acceptors (Lipinski definition) is 0. The molecule has 0 bridgehead atoms. The molecule has 9 aromatic carbocycles. The van der Waals surface area contributed by atoms with E-state index in [0.717, 1.165) is 0 Å². The molecule has 0 aliphatic rings. The van der Waals surface area contributed by atoms with Gasteiger partial charge < -0.3 is 0 Å². The molecule has 0 spiro atoms. The Morgan fingerprint density at radius 1 is 0.275 bits per heavy atom. The molecule has 0 heteroatoms. The first kappa shape index (κ1) is 21.7. The highest BCUT2D eigenvalue weighted by Gasteiger charge is 2.17. The molecule has 184 valence electrons. The van der Waals surface area contributed by atoms with Gasteiger partial charge in [0.2, 0.25) is 0 Å². The molecule has 9 aromatic rings. The van der Waals surface area contributed by atoms with Crippen molar-refractivity contribution in [2.45, 2.75) is 0 Å². The smallest absolute Gasteiger partial charge is 0.00203 e. The Balaban J connectivity index is 1.44. The van der Waals surface area contributed by atoms with Crippen molar-refractivity contribution in [1.29, 1.82) is 0 Å². The molecule has 0 saturated carbocycles. The molecule has 0 amide bonds. The summed E-state index contributed by atoms with van der Waals surface area (Å²) in [5, 5.41) is 15.7. The summed E-state index contributed by atoms with van der Waals surface area (Å²) in [4.78, 5) is 0. The number of rotatable bonds is 2. The second-order valence-corrected chi connectivity index (χ2v) is 10.9. The van der Waals surface area contributed by atoms with E-state index in [9.17, 15) is 0 Å². The summed E-state index contributed by atoms with van der Waals surface area (Å²) < 4.78 is 0. The van der Waals surface area contributed by atoms with Gasteiger partial charge in [-0.2, -0.15) is 0 Å². The predicted molar refractivity (Wildman–Crippen MR) is 174 cm³/mol. The minimum Gasteiger partial charge on any atom is -0.0622 e. The van der Waals surface area contributed by atoms with Crippen molar-refractivity contribution < 1.29 is 0 Å². The van der Waals surface area contributed by atoms with E-state index in [4.69, 9.17) is 0 Å². The van der Waals surface area contributed by atoms with Gasteiger partial charge in [-0.05, 0) is 99.0 Å². The summed E-state index contributed by atoms with van der Waals surface area (Å²) in [6.45, 7) is 0. The number of hydrogen-bond donors (Lipinski definition) is 0. The lowest BCUT2D eigenvalue weighted by molar-refractivity contribution is 1.65. The molecule has 0 heterocycles. The Morgan fingerprint density at radius 3 is 1.80 bits per heavy atom. The molecule has 0 N–H and O–H groups in total. The van der Waals surface area contributed by atoms with Crippen LogP contribution in [0.25, 0.3) is 86.9 Å². The van der Waals surface area contributed by atoms with Gasteiger partial charge in [0.15, 0.2) is 0 Å². The van der Waals surface area contributed by atoms with Gasteiger partial charge in [-0.3, -0.25) is 0 Å². The Bertz CT molecular complexity index is 2400. The van der Waals surface area contributed by atoms with Crippen LogP contribution in [-0.4, -0.2) is 0 Å². The zero-order valence-corrected chi connectivity index (χ0v) is 21.9.